The molecule has 0 rings (SSSR count). The van der Waals surface area contributed by atoms with Crippen molar-refractivity contribution in [2.45, 2.75) is 12.1 Å². The Bertz CT molecular complexity index is 162. The van der Waals surface area contributed by atoms with Crippen LogP contribution in [0.15, 0.2) is 0 Å². The number of rotatable bonds is 12. The molecule has 0 aliphatic rings. The average molecular weight is 249 g/mol. The highest BCUT2D eigenvalue weighted by atomic mass is 16.3. The third-order valence-corrected chi connectivity index (χ3v) is 2.37. The van der Waals surface area contributed by atoms with Gasteiger partial charge in [-0.25, -0.2) is 0 Å². The summed E-state index contributed by atoms with van der Waals surface area (Å²) in [4.78, 5) is 0. The molecule has 0 amide bonds. The first kappa shape index (κ1) is 16.7. The molecule has 0 aliphatic heterocycles. The molecule has 0 saturated carbocycles. The highest BCUT2D eigenvalue weighted by molar-refractivity contribution is 4.77. The van der Waals surface area contributed by atoms with Gasteiger partial charge >= 0.3 is 0 Å². The maximum absolute atomic E-state index is 9.77. The van der Waals surface area contributed by atoms with Crippen LogP contribution in [-0.4, -0.2) is 74.8 Å². The predicted molar refractivity (Wildman–Crippen MR) is 68.7 cm³/mol. The topological polar surface area (TPSA) is 129 Å². The molecule has 2 atom stereocenters. The smallest absolute Gasteiger partial charge is 0.0839 e. The summed E-state index contributed by atoms with van der Waals surface area (Å²) < 4.78 is 0. The summed E-state index contributed by atoms with van der Waals surface area (Å²) in [5.41, 5.74) is 10.7. The number of nitrogens with one attached hydrogen (secondary N) is 3. The first-order valence-corrected chi connectivity index (χ1v) is 6.10. The molecular formula is C10H27N5O2. The largest absolute Gasteiger partial charge is 0.395 e. The van der Waals surface area contributed by atoms with Gasteiger partial charge in [-0.15, -0.1) is 0 Å². The molecule has 0 spiro atoms. The molecule has 0 aliphatic carbocycles. The third-order valence-electron chi connectivity index (χ3n) is 2.37. The number of aliphatic hydroxyl groups is 2. The zero-order valence-electron chi connectivity index (χ0n) is 10.4. The van der Waals surface area contributed by atoms with Gasteiger partial charge in [0.25, 0.3) is 0 Å². The Morgan fingerprint density at radius 3 is 2.18 bits per heavy atom. The molecule has 9 N–H and O–H groups in total. The Balaban J connectivity index is 3.58. The van der Waals surface area contributed by atoms with Crippen LogP contribution in [0.3, 0.4) is 0 Å². The summed E-state index contributed by atoms with van der Waals surface area (Å²) in [7, 11) is 0. The van der Waals surface area contributed by atoms with Gasteiger partial charge in [0.05, 0.1) is 18.8 Å². The first-order chi connectivity index (χ1) is 8.26. The van der Waals surface area contributed by atoms with Crippen LogP contribution in [0, 0.1) is 0 Å². The number of aliphatic hydroxyl groups excluding tert-OH is 2. The van der Waals surface area contributed by atoms with Crippen LogP contribution in [-0.2, 0) is 0 Å². The highest BCUT2D eigenvalue weighted by Crippen LogP contribution is 1.91. The van der Waals surface area contributed by atoms with Crippen molar-refractivity contribution in [3.05, 3.63) is 0 Å². The van der Waals surface area contributed by atoms with E-state index in [2.05, 4.69) is 16.0 Å². The van der Waals surface area contributed by atoms with Crippen LogP contribution in [0.25, 0.3) is 0 Å². The van der Waals surface area contributed by atoms with Crippen molar-refractivity contribution in [2.24, 2.45) is 11.5 Å². The van der Waals surface area contributed by atoms with Gasteiger partial charge in [-0.05, 0) is 0 Å². The summed E-state index contributed by atoms with van der Waals surface area (Å²) in [5.74, 6) is 0. The third kappa shape index (κ3) is 9.42. The van der Waals surface area contributed by atoms with E-state index in [-0.39, 0.29) is 12.6 Å². The average Bonchev–Trinajstić information content (AvgIpc) is 2.34. The van der Waals surface area contributed by atoms with E-state index in [1.807, 2.05) is 0 Å². The van der Waals surface area contributed by atoms with Crippen molar-refractivity contribution in [1.82, 2.24) is 16.0 Å². The van der Waals surface area contributed by atoms with E-state index in [0.717, 1.165) is 13.1 Å². The molecule has 0 saturated heterocycles. The van der Waals surface area contributed by atoms with Gasteiger partial charge in [-0.1, -0.05) is 0 Å². The molecule has 0 aromatic rings. The van der Waals surface area contributed by atoms with E-state index < -0.39 is 6.10 Å². The Kier molecular flexibility index (Phi) is 12.0. The van der Waals surface area contributed by atoms with Gasteiger partial charge in [-0.3, -0.25) is 0 Å². The number of hydrogen-bond acceptors (Lipinski definition) is 7. The predicted octanol–water partition coefficient (Wildman–Crippen LogP) is -3.61. The van der Waals surface area contributed by atoms with Crippen LogP contribution >= 0.6 is 0 Å². The van der Waals surface area contributed by atoms with Crippen molar-refractivity contribution in [3.63, 3.8) is 0 Å². The van der Waals surface area contributed by atoms with Crippen LogP contribution in [0.2, 0.25) is 0 Å². The minimum atomic E-state index is -0.624. The second-order valence-electron chi connectivity index (χ2n) is 3.84. The highest BCUT2D eigenvalue weighted by Gasteiger charge is 2.16. The van der Waals surface area contributed by atoms with E-state index in [4.69, 9.17) is 16.6 Å². The van der Waals surface area contributed by atoms with Gasteiger partial charge in [0.2, 0.25) is 0 Å². The van der Waals surface area contributed by atoms with Crippen LogP contribution < -0.4 is 27.4 Å². The lowest BCUT2D eigenvalue weighted by atomic mass is 10.1. The van der Waals surface area contributed by atoms with Crippen molar-refractivity contribution in [2.75, 3.05) is 52.4 Å². The molecule has 0 aromatic carbocycles. The van der Waals surface area contributed by atoms with Crippen molar-refractivity contribution >= 4 is 0 Å². The second kappa shape index (κ2) is 12.2. The maximum atomic E-state index is 9.77. The Labute approximate surface area is 103 Å². The lowest BCUT2D eigenvalue weighted by molar-refractivity contribution is 0.0899. The van der Waals surface area contributed by atoms with Crippen LogP contribution in [0.4, 0.5) is 0 Å². The van der Waals surface area contributed by atoms with E-state index >= 15 is 0 Å². The maximum Gasteiger partial charge on any atom is 0.0839 e. The Morgan fingerprint density at radius 1 is 0.941 bits per heavy atom. The van der Waals surface area contributed by atoms with Crippen LogP contribution in [0.1, 0.15) is 0 Å². The van der Waals surface area contributed by atoms with Gasteiger partial charge < -0.3 is 37.6 Å². The standard InChI is InChI=1S/C10H27N5O2/c11-1-3-13-5-6-15-9(8-16)10(17)7-14-4-2-12/h9-10,13-17H,1-8,11-12H2. The fourth-order valence-corrected chi connectivity index (χ4v) is 1.39. The minimum Gasteiger partial charge on any atom is -0.395 e. The molecule has 0 radical (unpaired) electrons. The Morgan fingerprint density at radius 2 is 1.59 bits per heavy atom. The van der Waals surface area contributed by atoms with Crippen LogP contribution in [0.5, 0.6) is 0 Å². The van der Waals surface area contributed by atoms with Gasteiger partial charge in [0.1, 0.15) is 0 Å². The van der Waals surface area contributed by atoms with Gasteiger partial charge in [0.15, 0.2) is 0 Å². The molecule has 7 heteroatoms. The molecule has 0 bridgehead atoms. The summed E-state index contributed by atoms with van der Waals surface area (Å²) >= 11 is 0. The zero-order valence-corrected chi connectivity index (χ0v) is 10.4. The van der Waals surface area contributed by atoms with Gasteiger partial charge in [-0.2, -0.15) is 0 Å². The van der Waals surface area contributed by atoms with E-state index in [9.17, 15) is 5.11 Å². The Hall–Kier alpha value is -0.280. The molecule has 0 fully saturated rings. The lowest BCUT2D eigenvalue weighted by Gasteiger charge is -2.22. The quantitative estimate of drug-likeness (QED) is 0.178. The molecule has 7 nitrogen and oxygen atoms in total. The summed E-state index contributed by atoms with van der Waals surface area (Å²) in [5, 5.41) is 28.1. The first-order valence-electron chi connectivity index (χ1n) is 6.10. The van der Waals surface area contributed by atoms with E-state index in [0.29, 0.717) is 32.7 Å². The number of nitrogens with two attached hydrogens (primary N) is 2. The molecular weight excluding hydrogens is 222 g/mol. The minimum absolute atomic E-state index is 0.0949. The summed E-state index contributed by atoms with van der Waals surface area (Å²) in [6.07, 6.45) is -0.624. The zero-order chi connectivity index (χ0) is 12.9. The fourth-order valence-electron chi connectivity index (χ4n) is 1.39. The molecule has 0 aromatic heterocycles. The molecule has 0 heterocycles. The monoisotopic (exact) mass is 249 g/mol. The second-order valence-corrected chi connectivity index (χ2v) is 3.84. The van der Waals surface area contributed by atoms with Gasteiger partial charge in [0, 0.05) is 45.8 Å². The fraction of sp³-hybridized carbons (Fsp3) is 1.00. The summed E-state index contributed by atoms with van der Waals surface area (Å²) in [6.45, 7) is 4.34. The van der Waals surface area contributed by atoms with E-state index in [1.54, 1.807) is 0 Å². The lowest BCUT2D eigenvalue weighted by Crippen LogP contribution is -2.49. The van der Waals surface area contributed by atoms with E-state index in [1.165, 1.54) is 0 Å². The SMILES string of the molecule is NCCNCCNC(CO)C(O)CNCCN. The molecule has 104 valence electrons. The van der Waals surface area contributed by atoms with Crippen molar-refractivity contribution < 1.29 is 10.2 Å². The molecule has 17 heavy (non-hydrogen) atoms. The summed E-state index contributed by atoms with van der Waals surface area (Å²) in [6, 6.07) is -0.319. The van der Waals surface area contributed by atoms with Crippen molar-refractivity contribution in [3.8, 4) is 0 Å². The molecule has 2 unspecified atom stereocenters. The van der Waals surface area contributed by atoms with Crippen molar-refractivity contribution in [1.29, 1.82) is 0 Å². The normalized spacial score (nSPS) is 14.8. The number of hydrogen-bond donors (Lipinski definition) is 7.